The smallest absolute Gasteiger partial charge is 0.317 e. The topological polar surface area (TPSA) is 47.6 Å². The van der Waals surface area contributed by atoms with Gasteiger partial charge in [-0.25, -0.2) is 9.18 Å². The van der Waals surface area contributed by atoms with Gasteiger partial charge in [-0.3, -0.25) is 0 Å². The molecule has 2 N–H and O–H groups in total. The van der Waals surface area contributed by atoms with E-state index < -0.39 is 0 Å². The number of halogens is 1. The van der Waals surface area contributed by atoms with Crippen molar-refractivity contribution < 1.29 is 9.18 Å². The minimum atomic E-state index is -0.251. The van der Waals surface area contributed by atoms with Crippen LogP contribution < -0.4 is 10.6 Å². The highest BCUT2D eigenvalue weighted by molar-refractivity contribution is 5.75. The molecule has 1 heterocycles. The highest BCUT2D eigenvalue weighted by Gasteiger charge is 2.54. The molecule has 0 bridgehead atoms. The molecule has 0 aromatic heterocycles. The van der Waals surface area contributed by atoms with Gasteiger partial charge in [-0.2, -0.15) is 0 Å². The molecule has 1 atom stereocenters. The molecule has 138 valence electrons. The van der Waals surface area contributed by atoms with E-state index in [1.165, 1.54) is 12.1 Å². The van der Waals surface area contributed by atoms with Crippen molar-refractivity contribution >= 4 is 6.03 Å². The summed E-state index contributed by atoms with van der Waals surface area (Å²) in [4.78, 5) is 16.7. The van der Waals surface area contributed by atoms with Crippen LogP contribution in [0.4, 0.5) is 9.18 Å². The average molecular weight is 348 g/mol. The Hall–Kier alpha value is -1.66. The molecule has 1 aliphatic heterocycles. The quantitative estimate of drug-likeness (QED) is 0.827. The number of nitrogens with zero attached hydrogens (tertiary/aromatic N) is 2. The third-order valence-electron chi connectivity index (χ3n) is 5.48. The maximum absolute atomic E-state index is 13.1. The van der Waals surface area contributed by atoms with Crippen LogP contribution >= 0.6 is 0 Å². The van der Waals surface area contributed by atoms with Crippen LogP contribution in [0.2, 0.25) is 0 Å². The molecule has 1 unspecified atom stereocenters. The molecule has 1 aliphatic carbocycles. The van der Waals surface area contributed by atoms with E-state index in [0.717, 1.165) is 44.5 Å². The second-order valence-electron chi connectivity index (χ2n) is 7.67. The Labute approximate surface area is 149 Å². The van der Waals surface area contributed by atoms with Crippen molar-refractivity contribution in [3.63, 3.8) is 0 Å². The minimum Gasteiger partial charge on any atom is -0.335 e. The van der Waals surface area contributed by atoms with Crippen molar-refractivity contribution in [1.29, 1.82) is 0 Å². The fourth-order valence-electron chi connectivity index (χ4n) is 3.65. The van der Waals surface area contributed by atoms with Crippen LogP contribution in [0.1, 0.15) is 24.8 Å². The summed E-state index contributed by atoms with van der Waals surface area (Å²) in [5, 5.41) is 6.62. The number of amides is 2. The third-order valence-corrected chi connectivity index (χ3v) is 5.48. The maximum atomic E-state index is 13.1. The molecule has 6 heteroatoms. The average Bonchev–Trinajstić information content (AvgIpc) is 3.24. The first-order chi connectivity index (χ1) is 12.0. The van der Waals surface area contributed by atoms with Crippen LogP contribution in [0, 0.1) is 11.2 Å². The van der Waals surface area contributed by atoms with Crippen molar-refractivity contribution in [2.75, 3.05) is 40.3 Å². The van der Waals surface area contributed by atoms with Crippen molar-refractivity contribution in [3.05, 3.63) is 35.6 Å². The summed E-state index contributed by atoms with van der Waals surface area (Å²) in [6.45, 7) is 4.05. The molecule has 2 amide bonds. The Bertz CT molecular complexity index is 584. The number of benzene rings is 1. The summed E-state index contributed by atoms with van der Waals surface area (Å²) in [5.41, 5.74) is 1.27. The van der Waals surface area contributed by atoms with Crippen LogP contribution in [0.5, 0.6) is 0 Å². The van der Waals surface area contributed by atoms with Crippen LogP contribution in [-0.2, 0) is 6.54 Å². The number of urea groups is 1. The first-order valence-corrected chi connectivity index (χ1v) is 9.14. The number of likely N-dealkylation sites (N-methyl/N-ethyl adjacent to an activating group) is 1. The van der Waals surface area contributed by atoms with Crippen molar-refractivity contribution in [1.82, 2.24) is 20.4 Å². The first kappa shape index (κ1) is 18.1. The van der Waals surface area contributed by atoms with Crippen molar-refractivity contribution in [2.45, 2.75) is 31.8 Å². The number of carbonyl (C=O) groups is 1. The van der Waals surface area contributed by atoms with E-state index in [0.29, 0.717) is 24.5 Å². The summed E-state index contributed by atoms with van der Waals surface area (Å²) in [6.07, 6.45) is 3.39. The lowest BCUT2D eigenvalue weighted by Crippen LogP contribution is -2.45. The van der Waals surface area contributed by atoms with Gasteiger partial charge in [0.25, 0.3) is 0 Å². The third kappa shape index (κ3) is 4.70. The lowest BCUT2D eigenvalue weighted by Gasteiger charge is -2.27. The first-order valence-electron chi connectivity index (χ1n) is 9.14. The van der Waals surface area contributed by atoms with E-state index in [-0.39, 0.29) is 11.8 Å². The zero-order chi connectivity index (χ0) is 17.9. The van der Waals surface area contributed by atoms with E-state index in [2.05, 4.69) is 15.5 Å². The van der Waals surface area contributed by atoms with Crippen LogP contribution in [-0.4, -0.2) is 62.1 Å². The number of rotatable bonds is 6. The van der Waals surface area contributed by atoms with Gasteiger partial charge in [0.05, 0.1) is 0 Å². The molecule has 1 saturated heterocycles. The molecule has 25 heavy (non-hydrogen) atoms. The highest BCUT2D eigenvalue weighted by atomic mass is 19.1. The van der Waals surface area contributed by atoms with Gasteiger partial charge in [0, 0.05) is 25.7 Å². The number of hydrogen-bond acceptors (Lipinski definition) is 3. The fraction of sp³-hybridized carbons (Fsp3) is 0.632. The van der Waals surface area contributed by atoms with Crippen molar-refractivity contribution in [3.8, 4) is 0 Å². The molecule has 3 rings (SSSR count). The van der Waals surface area contributed by atoms with E-state index >= 15 is 0 Å². The highest BCUT2D eigenvalue weighted by Crippen LogP contribution is 2.52. The van der Waals surface area contributed by atoms with E-state index in [9.17, 15) is 9.18 Å². The zero-order valence-corrected chi connectivity index (χ0v) is 15.2. The lowest BCUT2D eigenvalue weighted by molar-refractivity contribution is 0.185. The molecule has 5 nitrogen and oxygen atoms in total. The maximum Gasteiger partial charge on any atom is 0.317 e. The van der Waals surface area contributed by atoms with E-state index in [1.54, 1.807) is 12.1 Å². The van der Waals surface area contributed by atoms with E-state index in [1.807, 2.05) is 19.0 Å². The van der Waals surface area contributed by atoms with Gasteiger partial charge in [-0.1, -0.05) is 12.1 Å². The molecular weight excluding hydrogens is 319 g/mol. The standard InChI is InChI=1S/C19H29FN4O/c1-23(2)11-12-24(14-15-3-5-16(20)6-4-15)18(25)22-17-13-19(17)7-9-21-10-8-19/h3-6,17,21H,7-14H2,1-2H3,(H,22,25). The Morgan fingerprint density at radius 1 is 1.24 bits per heavy atom. The second kappa shape index (κ2) is 7.70. The predicted molar refractivity (Wildman–Crippen MR) is 96.8 cm³/mol. The molecule has 1 aromatic rings. The molecule has 1 saturated carbocycles. The van der Waals surface area contributed by atoms with Gasteiger partial charge in [-0.15, -0.1) is 0 Å². The summed E-state index contributed by atoms with van der Waals surface area (Å²) >= 11 is 0. The van der Waals surface area contributed by atoms with Gasteiger partial charge in [0.2, 0.25) is 0 Å². The largest absolute Gasteiger partial charge is 0.335 e. The van der Waals surface area contributed by atoms with Gasteiger partial charge in [0.15, 0.2) is 0 Å². The van der Waals surface area contributed by atoms with Crippen molar-refractivity contribution in [2.24, 2.45) is 5.41 Å². The number of carbonyl (C=O) groups excluding carboxylic acids is 1. The number of nitrogens with one attached hydrogen (secondary N) is 2. The normalized spacial score (nSPS) is 21.4. The molecule has 1 spiro atoms. The minimum absolute atomic E-state index is 0.00779. The summed E-state index contributed by atoms with van der Waals surface area (Å²) in [7, 11) is 4.00. The lowest BCUT2D eigenvalue weighted by atomic mass is 9.94. The van der Waals surface area contributed by atoms with Crippen LogP contribution in [0.3, 0.4) is 0 Å². The number of piperidine rings is 1. The van der Waals surface area contributed by atoms with E-state index in [4.69, 9.17) is 0 Å². The monoisotopic (exact) mass is 348 g/mol. The van der Waals surface area contributed by atoms with Gasteiger partial charge < -0.3 is 20.4 Å². The molecule has 2 aliphatic rings. The van der Waals surface area contributed by atoms with Gasteiger partial charge in [0.1, 0.15) is 5.82 Å². The zero-order valence-electron chi connectivity index (χ0n) is 15.2. The SMILES string of the molecule is CN(C)CCN(Cc1ccc(F)cc1)C(=O)NC1CC12CCNCC2. The summed E-state index contributed by atoms with van der Waals surface area (Å²) < 4.78 is 13.1. The fourth-order valence-corrected chi connectivity index (χ4v) is 3.65. The molecule has 0 radical (unpaired) electrons. The van der Waals surface area contributed by atoms with Gasteiger partial charge in [-0.05, 0) is 69.6 Å². The summed E-state index contributed by atoms with van der Waals surface area (Å²) in [6, 6.07) is 6.68. The molecule has 2 fully saturated rings. The number of hydrogen-bond donors (Lipinski definition) is 2. The second-order valence-corrected chi connectivity index (χ2v) is 7.67. The Morgan fingerprint density at radius 3 is 2.56 bits per heavy atom. The Balaban J connectivity index is 1.59. The molecule has 1 aromatic carbocycles. The van der Waals surface area contributed by atoms with Gasteiger partial charge >= 0.3 is 6.03 Å². The summed E-state index contributed by atoms with van der Waals surface area (Å²) in [5.74, 6) is -0.251. The predicted octanol–water partition coefficient (Wildman–Crippen LogP) is 2.04. The van der Waals surface area contributed by atoms with Crippen LogP contribution in [0.25, 0.3) is 0 Å². The van der Waals surface area contributed by atoms with Crippen LogP contribution in [0.15, 0.2) is 24.3 Å². The molecular formula is C19H29FN4O. The Morgan fingerprint density at radius 2 is 1.92 bits per heavy atom. The Kier molecular flexibility index (Phi) is 5.59.